The van der Waals surface area contributed by atoms with Gasteiger partial charge in [0.15, 0.2) is 12.6 Å². The van der Waals surface area contributed by atoms with Crippen molar-refractivity contribution in [1.82, 2.24) is 5.32 Å². The van der Waals surface area contributed by atoms with Crippen molar-refractivity contribution in [2.75, 3.05) is 19.8 Å². The Balaban J connectivity index is 1.67. The molecule has 0 bridgehead atoms. The summed E-state index contributed by atoms with van der Waals surface area (Å²) in [5, 5.41) is 87.1. The van der Waals surface area contributed by atoms with Crippen LogP contribution in [0.1, 0.15) is 206 Å². The van der Waals surface area contributed by atoms with Crippen molar-refractivity contribution in [3.63, 3.8) is 0 Å². The standard InChI is InChI=1S/C72H117NO13/c1-3-5-7-9-11-13-15-17-19-20-21-22-23-24-25-26-27-28-29-30-31-32-33-34-35-36-37-38-39-40-42-44-46-48-50-52-54-56-64(77)73-60(61(76)55-53-51-49-47-45-43-41-18-16-14-12-10-8-6-4-2)59-83-71-69(82)67(80)70(63(58-75)85-71)86-72-68(81)66(79)65(78)62(57-74)84-72/h5,7,11,13,16-19,21-22,24-25,27-28,30-31,33-34,36-37,45,47,53,55,60-63,65-72,74-76,78-82H,3-4,6,8-10,12,14-15,20,23,26,29,32,35,38-44,46,48-52,54,56-59H2,1-2H3,(H,73,77)/b7-5-,13-11-,18-16+,19-17-,22-21-,25-24-,28-27-,31-30-,34-33-,37-36-,47-45+,55-53+. The van der Waals surface area contributed by atoms with Gasteiger partial charge >= 0.3 is 0 Å². The SMILES string of the molecule is CC/C=C\C/C=C\C/C=C\C/C=C\C/C=C\C/C=C\C/C=C\C/C=C\C/C=C\CCCCCCCCCCCC(=O)NC(COC1OC(CO)C(OC2OC(CO)C(O)C(O)C2O)C(O)C1O)C(O)/C=C/CC/C=C/CC/C=C/CCCCCCC. The molecular formula is C72H117NO13. The lowest BCUT2D eigenvalue weighted by molar-refractivity contribution is -0.359. The number of ether oxygens (including phenoxy) is 4. The van der Waals surface area contributed by atoms with E-state index in [0.29, 0.717) is 12.8 Å². The Morgan fingerprint density at radius 3 is 1.28 bits per heavy atom. The first-order valence-electron chi connectivity index (χ1n) is 33.1. The van der Waals surface area contributed by atoms with Crippen LogP contribution in [0.5, 0.6) is 0 Å². The molecule has 1 amide bonds. The highest BCUT2D eigenvalue weighted by Crippen LogP contribution is 2.30. The van der Waals surface area contributed by atoms with Gasteiger partial charge in [-0.1, -0.05) is 230 Å². The van der Waals surface area contributed by atoms with Crippen LogP contribution < -0.4 is 5.32 Å². The summed E-state index contributed by atoms with van der Waals surface area (Å²) in [6.45, 7) is 2.62. The van der Waals surface area contributed by atoms with Gasteiger partial charge in [-0.2, -0.15) is 0 Å². The fraction of sp³-hybridized carbons (Fsp3) is 0.653. The highest BCUT2D eigenvalue weighted by Gasteiger charge is 2.51. The fourth-order valence-electron chi connectivity index (χ4n) is 9.73. The summed E-state index contributed by atoms with van der Waals surface area (Å²) >= 11 is 0. The Morgan fingerprint density at radius 1 is 0.430 bits per heavy atom. The molecular weight excluding hydrogens is 1090 g/mol. The molecule has 2 aliphatic rings. The number of carbonyl (C=O) groups excluding carboxylic acids is 1. The Morgan fingerprint density at radius 2 is 0.814 bits per heavy atom. The van der Waals surface area contributed by atoms with Crippen LogP contribution in [-0.4, -0.2) is 140 Å². The number of carbonyl (C=O) groups is 1. The maximum Gasteiger partial charge on any atom is 0.220 e. The molecule has 0 aliphatic carbocycles. The lowest BCUT2D eigenvalue weighted by Crippen LogP contribution is -2.65. The van der Waals surface area contributed by atoms with Crippen molar-refractivity contribution in [2.45, 2.75) is 280 Å². The topological polar surface area (TPSA) is 228 Å². The second kappa shape index (κ2) is 55.0. The monoisotopic (exact) mass is 1200 g/mol. The van der Waals surface area contributed by atoms with Gasteiger partial charge in [0.05, 0.1) is 32.0 Å². The summed E-state index contributed by atoms with van der Waals surface area (Å²) in [5.41, 5.74) is 0. The summed E-state index contributed by atoms with van der Waals surface area (Å²) < 4.78 is 22.8. The van der Waals surface area contributed by atoms with Gasteiger partial charge in [-0.15, -0.1) is 0 Å². The van der Waals surface area contributed by atoms with Crippen LogP contribution >= 0.6 is 0 Å². The van der Waals surface area contributed by atoms with Crippen LogP contribution in [-0.2, 0) is 23.7 Å². The van der Waals surface area contributed by atoms with E-state index in [1.807, 2.05) is 6.08 Å². The van der Waals surface area contributed by atoms with Crippen LogP contribution in [0, 0.1) is 0 Å². The van der Waals surface area contributed by atoms with Crippen molar-refractivity contribution in [3.05, 3.63) is 146 Å². The second-order valence-electron chi connectivity index (χ2n) is 22.5. The summed E-state index contributed by atoms with van der Waals surface area (Å²) in [6.07, 6.45) is 66.1. The maximum atomic E-state index is 13.3. The molecule has 2 aliphatic heterocycles. The average Bonchev–Trinajstić information content (AvgIpc) is 1.83. The van der Waals surface area contributed by atoms with Crippen LogP contribution in [0.2, 0.25) is 0 Å². The second-order valence-corrected chi connectivity index (χ2v) is 22.5. The third-order valence-corrected chi connectivity index (χ3v) is 15.0. The largest absolute Gasteiger partial charge is 0.394 e. The van der Waals surface area contributed by atoms with E-state index in [1.165, 1.54) is 57.8 Å². The van der Waals surface area contributed by atoms with E-state index >= 15 is 0 Å². The third kappa shape index (κ3) is 39.0. The molecule has 2 rings (SSSR count). The van der Waals surface area contributed by atoms with Crippen LogP contribution in [0.3, 0.4) is 0 Å². The van der Waals surface area contributed by atoms with E-state index in [0.717, 1.165) is 116 Å². The first kappa shape index (κ1) is 78.0. The van der Waals surface area contributed by atoms with Gasteiger partial charge in [-0.3, -0.25) is 4.79 Å². The molecule has 14 heteroatoms. The zero-order chi connectivity index (χ0) is 62.3. The van der Waals surface area contributed by atoms with Gasteiger partial charge in [0.25, 0.3) is 0 Å². The molecule has 2 heterocycles. The molecule has 0 spiro atoms. The van der Waals surface area contributed by atoms with E-state index in [4.69, 9.17) is 18.9 Å². The lowest BCUT2D eigenvalue weighted by atomic mass is 9.97. The van der Waals surface area contributed by atoms with Gasteiger partial charge in [0.2, 0.25) is 5.91 Å². The summed E-state index contributed by atoms with van der Waals surface area (Å²) in [5.74, 6) is -0.267. The molecule has 0 radical (unpaired) electrons. The number of rotatable bonds is 51. The minimum absolute atomic E-state index is 0.253. The van der Waals surface area contributed by atoms with Crippen molar-refractivity contribution in [1.29, 1.82) is 0 Å². The van der Waals surface area contributed by atoms with Gasteiger partial charge in [-0.25, -0.2) is 0 Å². The Labute approximate surface area is 519 Å². The number of aliphatic hydroxyl groups is 8. The number of aliphatic hydroxyl groups excluding tert-OH is 8. The van der Waals surface area contributed by atoms with E-state index in [-0.39, 0.29) is 18.9 Å². The van der Waals surface area contributed by atoms with E-state index in [9.17, 15) is 45.6 Å². The number of allylic oxidation sites excluding steroid dienone is 23. The number of unbranched alkanes of at least 4 members (excludes halogenated alkanes) is 16. The van der Waals surface area contributed by atoms with Crippen LogP contribution in [0.25, 0.3) is 0 Å². The zero-order valence-corrected chi connectivity index (χ0v) is 52.7. The first-order valence-corrected chi connectivity index (χ1v) is 33.1. The predicted octanol–water partition coefficient (Wildman–Crippen LogP) is 12.9. The molecule has 0 saturated carbocycles. The highest BCUT2D eigenvalue weighted by atomic mass is 16.7. The lowest BCUT2D eigenvalue weighted by Gasteiger charge is -2.46. The molecule has 12 unspecified atom stereocenters. The average molecular weight is 1200 g/mol. The van der Waals surface area contributed by atoms with Crippen molar-refractivity contribution >= 4 is 5.91 Å². The molecule has 488 valence electrons. The van der Waals surface area contributed by atoms with E-state index in [2.05, 4.69) is 153 Å². The van der Waals surface area contributed by atoms with Crippen molar-refractivity contribution in [3.8, 4) is 0 Å². The van der Waals surface area contributed by atoms with E-state index in [1.54, 1.807) is 6.08 Å². The third-order valence-electron chi connectivity index (χ3n) is 15.0. The fourth-order valence-corrected chi connectivity index (χ4v) is 9.73. The zero-order valence-electron chi connectivity index (χ0n) is 52.7. The van der Waals surface area contributed by atoms with E-state index < -0.39 is 86.8 Å². The van der Waals surface area contributed by atoms with Gasteiger partial charge in [-0.05, 0) is 116 Å². The predicted molar refractivity (Wildman–Crippen MR) is 350 cm³/mol. The molecule has 14 nitrogen and oxygen atoms in total. The Kier molecular flexibility index (Phi) is 49.8. The van der Waals surface area contributed by atoms with Crippen LogP contribution in [0.4, 0.5) is 0 Å². The van der Waals surface area contributed by atoms with Crippen LogP contribution in [0.15, 0.2) is 146 Å². The molecule has 86 heavy (non-hydrogen) atoms. The summed E-state index contributed by atoms with van der Waals surface area (Å²) in [6, 6.07) is -0.952. The minimum Gasteiger partial charge on any atom is -0.394 e. The maximum absolute atomic E-state index is 13.3. The molecule has 9 N–H and O–H groups in total. The molecule has 2 fully saturated rings. The quantitative estimate of drug-likeness (QED) is 0.0204. The Hall–Kier alpha value is -4.13. The number of hydrogen-bond acceptors (Lipinski definition) is 13. The minimum atomic E-state index is -1.80. The van der Waals surface area contributed by atoms with Gasteiger partial charge in [0, 0.05) is 6.42 Å². The summed E-state index contributed by atoms with van der Waals surface area (Å²) in [4.78, 5) is 13.3. The van der Waals surface area contributed by atoms with Crippen molar-refractivity contribution < 1.29 is 64.6 Å². The summed E-state index contributed by atoms with van der Waals surface area (Å²) in [7, 11) is 0. The smallest absolute Gasteiger partial charge is 0.220 e. The number of amides is 1. The number of hydrogen-bond donors (Lipinski definition) is 9. The Bertz CT molecular complexity index is 2000. The molecule has 2 saturated heterocycles. The van der Waals surface area contributed by atoms with Gasteiger partial charge in [0.1, 0.15) is 48.8 Å². The molecule has 0 aromatic rings. The first-order chi connectivity index (χ1) is 42.1. The molecule has 0 aromatic heterocycles. The highest BCUT2D eigenvalue weighted by molar-refractivity contribution is 5.76. The normalized spacial score (nSPS) is 24.4. The molecule has 0 aromatic carbocycles. The van der Waals surface area contributed by atoms with Gasteiger partial charge < -0.3 is 65.1 Å². The van der Waals surface area contributed by atoms with Crippen molar-refractivity contribution in [2.24, 2.45) is 0 Å². The molecule has 12 atom stereocenters. The number of nitrogens with one attached hydrogen (secondary N) is 1.